The third-order valence-corrected chi connectivity index (χ3v) is 4.35. The second kappa shape index (κ2) is 6.92. The van der Waals surface area contributed by atoms with Gasteiger partial charge in [0.15, 0.2) is 5.65 Å². The lowest BCUT2D eigenvalue weighted by atomic mass is 10.0. The third-order valence-electron chi connectivity index (χ3n) is 3.88. The number of hydrogen-bond acceptors (Lipinski definition) is 4. The normalized spacial score (nSPS) is 11.5. The fraction of sp³-hybridized carbons (Fsp3) is 0.333. The SMILES string of the molecule is CC(C)c1cc(C(=O)Nc2ccc(Br)cn2)c2cnn(C(C)C)c2n1. The van der Waals surface area contributed by atoms with Crippen LogP contribution in [-0.2, 0) is 0 Å². The maximum Gasteiger partial charge on any atom is 0.257 e. The zero-order chi connectivity index (χ0) is 18.1. The molecule has 0 aliphatic carbocycles. The molecule has 130 valence electrons. The van der Waals surface area contributed by atoms with Gasteiger partial charge in [-0.3, -0.25) is 4.79 Å². The molecule has 0 fully saturated rings. The van der Waals surface area contributed by atoms with Crippen LogP contribution in [0.25, 0.3) is 11.0 Å². The van der Waals surface area contributed by atoms with Gasteiger partial charge in [-0.25, -0.2) is 14.6 Å². The number of anilines is 1. The molecule has 3 heterocycles. The Bertz CT molecular complexity index is 915. The molecule has 25 heavy (non-hydrogen) atoms. The van der Waals surface area contributed by atoms with Gasteiger partial charge in [-0.05, 0) is 53.9 Å². The highest BCUT2D eigenvalue weighted by atomic mass is 79.9. The van der Waals surface area contributed by atoms with E-state index in [1.165, 1.54) is 0 Å². The van der Waals surface area contributed by atoms with Crippen LogP contribution >= 0.6 is 15.9 Å². The number of carbonyl (C=O) groups excluding carboxylic acids is 1. The van der Waals surface area contributed by atoms with E-state index in [1.54, 1.807) is 18.5 Å². The Morgan fingerprint density at radius 3 is 2.56 bits per heavy atom. The van der Waals surface area contributed by atoms with Crippen LogP contribution in [0.4, 0.5) is 5.82 Å². The lowest BCUT2D eigenvalue weighted by Crippen LogP contribution is -2.15. The fourth-order valence-electron chi connectivity index (χ4n) is 2.53. The Hall–Kier alpha value is -2.28. The number of fused-ring (bicyclic) bond motifs is 1. The van der Waals surface area contributed by atoms with E-state index < -0.39 is 0 Å². The number of nitrogens with zero attached hydrogens (tertiary/aromatic N) is 4. The first kappa shape index (κ1) is 17.5. The predicted molar refractivity (Wildman–Crippen MR) is 102 cm³/mol. The minimum absolute atomic E-state index is 0.163. The maximum atomic E-state index is 12.8. The van der Waals surface area contributed by atoms with Crippen LogP contribution in [-0.4, -0.2) is 25.7 Å². The molecule has 0 spiro atoms. The average molecular weight is 402 g/mol. The van der Waals surface area contributed by atoms with Gasteiger partial charge in [0.05, 0.1) is 17.1 Å². The van der Waals surface area contributed by atoms with Crippen molar-refractivity contribution in [1.82, 2.24) is 19.7 Å². The van der Waals surface area contributed by atoms with Crippen LogP contribution in [0.2, 0.25) is 0 Å². The minimum Gasteiger partial charge on any atom is -0.307 e. The monoisotopic (exact) mass is 401 g/mol. The Balaban J connectivity index is 2.07. The largest absolute Gasteiger partial charge is 0.307 e. The number of nitrogens with one attached hydrogen (secondary N) is 1. The number of halogens is 1. The van der Waals surface area contributed by atoms with Crippen molar-refractivity contribution >= 4 is 38.7 Å². The second-order valence-corrected chi connectivity index (χ2v) is 7.40. The molecular formula is C18H20BrN5O. The van der Waals surface area contributed by atoms with Crippen LogP contribution in [0, 0.1) is 0 Å². The van der Waals surface area contributed by atoms with Gasteiger partial charge in [0.1, 0.15) is 5.82 Å². The van der Waals surface area contributed by atoms with Crippen molar-refractivity contribution in [1.29, 1.82) is 0 Å². The van der Waals surface area contributed by atoms with Crippen LogP contribution < -0.4 is 5.32 Å². The van der Waals surface area contributed by atoms with E-state index in [9.17, 15) is 4.79 Å². The quantitative estimate of drug-likeness (QED) is 0.695. The topological polar surface area (TPSA) is 72.7 Å². The van der Waals surface area contributed by atoms with Gasteiger partial charge in [-0.1, -0.05) is 13.8 Å². The van der Waals surface area contributed by atoms with E-state index in [0.29, 0.717) is 11.4 Å². The smallest absolute Gasteiger partial charge is 0.257 e. The summed E-state index contributed by atoms with van der Waals surface area (Å²) in [7, 11) is 0. The van der Waals surface area contributed by atoms with Crippen LogP contribution in [0.3, 0.4) is 0 Å². The number of carbonyl (C=O) groups is 1. The number of hydrogen-bond donors (Lipinski definition) is 1. The van der Waals surface area contributed by atoms with E-state index >= 15 is 0 Å². The standard InChI is InChI=1S/C18H20BrN5O/c1-10(2)15-7-13(14-9-21-24(11(3)4)17(14)22-15)18(25)23-16-6-5-12(19)8-20-16/h5-11H,1-4H3,(H,20,23,25). The lowest BCUT2D eigenvalue weighted by Gasteiger charge is -2.12. The first-order valence-corrected chi connectivity index (χ1v) is 8.97. The van der Waals surface area contributed by atoms with E-state index in [1.807, 2.05) is 30.7 Å². The Morgan fingerprint density at radius 1 is 1.20 bits per heavy atom. The summed E-state index contributed by atoms with van der Waals surface area (Å²) < 4.78 is 2.70. The molecule has 1 N–H and O–H groups in total. The molecule has 7 heteroatoms. The fourth-order valence-corrected chi connectivity index (χ4v) is 2.77. The average Bonchev–Trinajstić information content (AvgIpc) is 3.00. The van der Waals surface area contributed by atoms with Gasteiger partial charge in [-0.2, -0.15) is 5.10 Å². The molecule has 0 saturated carbocycles. The molecule has 0 aliphatic rings. The maximum absolute atomic E-state index is 12.8. The molecule has 0 unspecified atom stereocenters. The van der Waals surface area contributed by atoms with Crippen molar-refractivity contribution in [3.8, 4) is 0 Å². The Morgan fingerprint density at radius 2 is 1.96 bits per heavy atom. The highest BCUT2D eigenvalue weighted by Crippen LogP contribution is 2.25. The third kappa shape index (κ3) is 3.56. The van der Waals surface area contributed by atoms with Gasteiger partial charge >= 0.3 is 0 Å². The summed E-state index contributed by atoms with van der Waals surface area (Å²) in [5.41, 5.74) is 2.16. The van der Waals surface area contributed by atoms with Gasteiger partial charge in [0.25, 0.3) is 5.91 Å². The molecule has 6 nitrogen and oxygen atoms in total. The van der Waals surface area contributed by atoms with E-state index in [4.69, 9.17) is 4.98 Å². The van der Waals surface area contributed by atoms with Gasteiger partial charge in [0.2, 0.25) is 0 Å². The van der Waals surface area contributed by atoms with Crippen molar-refractivity contribution in [2.45, 2.75) is 39.7 Å². The van der Waals surface area contributed by atoms with Gasteiger partial charge < -0.3 is 5.32 Å². The molecule has 3 aromatic heterocycles. The molecule has 0 aliphatic heterocycles. The van der Waals surface area contributed by atoms with Crippen LogP contribution in [0.15, 0.2) is 35.1 Å². The first-order chi connectivity index (χ1) is 11.9. The summed E-state index contributed by atoms with van der Waals surface area (Å²) in [6, 6.07) is 5.59. The molecule has 0 bridgehead atoms. The number of pyridine rings is 2. The second-order valence-electron chi connectivity index (χ2n) is 6.49. The molecule has 3 rings (SSSR count). The highest BCUT2D eigenvalue weighted by molar-refractivity contribution is 9.10. The summed E-state index contributed by atoms with van der Waals surface area (Å²) in [5, 5.41) is 8.00. The summed E-state index contributed by atoms with van der Waals surface area (Å²) in [4.78, 5) is 21.8. The summed E-state index contributed by atoms with van der Waals surface area (Å²) >= 11 is 3.34. The van der Waals surface area contributed by atoms with E-state index in [0.717, 1.165) is 21.2 Å². The van der Waals surface area contributed by atoms with Crippen LogP contribution in [0.5, 0.6) is 0 Å². The zero-order valence-electron chi connectivity index (χ0n) is 14.6. The number of rotatable bonds is 4. The van der Waals surface area contributed by atoms with Gasteiger partial charge in [-0.15, -0.1) is 0 Å². The summed E-state index contributed by atoms with van der Waals surface area (Å²) in [6.45, 7) is 8.20. The molecule has 0 saturated heterocycles. The Kier molecular flexibility index (Phi) is 4.85. The van der Waals surface area contributed by atoms with Crippen molar-refractivity contribution < 1.29 is 4.79 Å². The van der Waals surface area contributed by atoms with Crippen LogP contribution in [0.1, 0.15) is 55.7 Å². The molecule has 3 aromatic rings. The van der Waals surface area contributed by atoms with Crippen molar-refractivity contribution in [2.24, 2.45) is 0 Å². The van der Waals surface area contributed by atoms with E-state index in [-0.39, 0.29) is 17.9 Å². The molecule has 1 amide bonds. The van der Waals surface area contributed by atoms with Crippen molar-refractivity contribution in [2.75, 3.05) is 5.32 Å². The van der Waals surface area contributed by atoms with Gasteiger partial charge in [0, 0.05) is 22.4 Å². The minimum atomic E-state index is -0.215. The Labute approximate surface area is 154 Å². The first-order valence-electron chi connectivity index (χ1n) is 8.18. The number of amides is 1. The van der Waals surface area contributed by atoms with E-state index in [2.05, 4.69) is 45.2 Å². The molecule has 0 atom stereocenters. The summed E-state index contributed by atoms with van der Waals surface area (Å²) in [5.74, 6) is 0.491. The molecule has 0 aromatic carbocycles. The van der Waals surface area contributed by atoms with Crippen molar-refractivity contribution in [3.05, 3.63) is 46.3 Å². The predicted octanol–water partition coefficient (Wildman–Crippen LogP) is 4.55. The number of aromatic nitrogens is 4. The van der Waals surface area contributed by atoms with Crippen molar-refractivity contribution in [3.63, 3.8) is 0 Å². The zero-order valence-corrected chi connectivity index (χ0v) is 16.2. The molecule has 0 radical (unpaired) electrons. The summed E-state index contributed by atoms with van der Waals surface area (Å²) in [6.07, 6.45) is 3.35. The lowest BCUT2D eigenvalue weighted by molar-refractivity contribution is 0.102. The molecular weight excluding hydrogens is 382 g/mol. The highest BCUT2D eigenvalue weighted by Gasteiger charge is 2.19.